The van der Waals surface area contributed by atoms with Crippen molar-refractivity contribution in [3.63, 3.8) is 0 Å². The Balaban J connectivity index is 1.68. The minimum atomic E-state index is 0.772. The fourth-order valence-corrected chi connectivity index (χ4v) is 2.41. The van der Waals surface area contributed by atoms with Crippen LogP contribution in [0.5, 0.6) is 0 Å². The van der Waals surface area contributed by atoms with Gasteiger partial charge < -0.3 is 10.1 Å². The van der Waals surface area contributed by atoms with E-state index in [-0.39, 0.29) is 0 Å². The van der Waals surface area contributed by atoms with E-state index in [1.807, 2.05) is 0 Å². The highest BCUT2D eigenvalue weighted by Crippen LogP contribution is 2.17. The van der Waals surface area contributed by atoms with Crippen LogP contribution in [0.1, 0.15) is 24.0 Å². The second-order valence-corrected chi connectivity index (χ2v) is 5.63. The summed E-state index contributed by atoms with van der Waals surface area (Å²) in [5.41, 5.74) is 2.65. The maximum Gasteiger partial charge on any atom is 0.0495 e. The molecule has 2 rings (SSSR count). The lowest BCUT2D eigenvalue weighted by Crippen LogP contribution is -2.18. The Labute approximate surface area is 112 Å². The number of rotatable bonds is 5. The molecule has 1 N–H and O–H groups in total. The molecule has 1 saturated heterocycles. The van der Waals surface area contributed by atoms with Crippen LogP contribution in [-0.2, 0) is 11.3 Å². The van der Waals surface area contributed by atoms with Crippen LogP contribution in [0.15, 0.2) is 22.7 Å². The van der Waals surface area contributed by atoms with Crippen molar-refractivity contribution in [1.29, 1.82) is 0 Å². The zero-order chi connectivity index (χ0) is 12.1. The van der Waals surface area contributed by atoms with Gasteiger partial charge in [-0.1, -0.05) is 28.1 Å². The first-order valence-electron chi connectivity index (χ1n) is 6.29. The molecule has 0 saturated carbocycles. The molecule has 1 aromatic rings. The quantitative estimate of drug-likeness (QED) is 0.842. The molecule has 1 aromatic carbocycles. The Bertz CT molecular complexity index is 361. The lowest BCUT2D eigenvalue weighted by Gasteiger charge is -2.09. The van der Waals surface area contributed by atoms with E-state index >= 15 is 0 Å². The number of aryl methyl sites for hydroxylation is 1. The maximum absolute atomic E-state index is 5.37. The zero-order valence-corrected chi connectivity index (χ0v) is 11.9. The molecule has 17 heavy (non-hydrogen) atoms. The van der Waals surface area contributed by atoms with Crippen LogP contribution < -0.4 is 5.32 Å². The van der Waals surface area contributed by atoms with Gasteiger partial charge in [0.25, 0.3) is 0 Å². The van der Waals surface area contributed by atoms with Crippen LogP contribution in [0, 0.1) is 12.8 Å². The normalized spacial score (nSPS) is 19.8. The van der Waals surface area contributed by atoms with Gasteiger partial charge in [-0.3, -0.25) is 0 Å². The van der Waals surface area contributed by atoms with E-state index in [9.17, 15) is 0 Å². The number of nitrogens with one attached hydrogen (secondary N) is 1. The smallest absolute Gasteiger partial charge is 0.0495 e. The van der Waals surface area contributed by atoms with Crippen LogP contribution in [0.3, 0.4) is 0 Å². The predicted octanol–water partition coefficient (Wildman–Crippen LogP) is 3.27. The molecule has 2 nitrogen and oxygen atoms in total. The van der Waals surface area contributed by atoms with Crippen molar-refractivity contribution >= 4 is 15.9 Å². The molecular weight excluding hydrogens is 278 g/mol. The van der Waals surface area contributed by atoms with E-state index in [1.165, 1.54) is 28.4 Å². The summed E-state index contributed by atoms with van der Waals surface area (Å²) < 4.78 is 6.55. The van der Waals surface area contributed by atoms with Gasteiger partial charge >= 0.3 is 0 Å². The van der Waals surface area contributed by atoms with Crippen molar-refractivity contribution in [3.8, 4) is 0 Å². The van der Waals surface area contributed by atoms with Gasteiger partial charge in [0.1, 0.15) is 0 Å². The highest BCUT2D eigenvalue weighted by atomic mass is 79.9. The van der Waals surface area contributed by atoms with Crippen molar-refractivity contribution in [2.24, 2.45) is 5.92 Å². The molecule has 0 spiro atoms. The number of ether oxygens (including phenoxy) is 1. The van der Waals surface area contributed by atoms with Crippen LogP contribution in [0.2, 0.25) is 0 Å². The SMILES string of the molecule is Cc1cc(CNCCC2CCOC2)ccc1Br. The Morgan fingerprint density at radius 1 is 1.47 bits per heavy atom. The van der Waals surface area contributed by atoms with E-state index in [2.05, 4.69) is 46.4 Å². The molecule has 1 fully saturated rings. The predicted molar refractivity (Wildman–Crippen MR) is 74.1 cm³/mol. The summed E-state index contributed by atoms with van der Waals surface area (Å²) in [6, 6.07) is 6.52. The summed E-state index contributed by atoms with van der Waals surface area (Å²) in [5, 5.41) is 3.50. The second kappa shape index (κ2) is 6.53. The fourth-order valence-electron chi connectivity index (χ4n) is 2.17. The molecular formula is C14H20BrNO. The standard InChI is InChI=1S/C14H20BrNO/c1-11-8-13(2-3-14(11)15)9-16-6-4-12-5-7-17-10-12/h2-3,8,12,16H,4-7,9-10H2,1H3. The molecule has 1 aliphatic heterocycles. The lowest BCUT2D eigenvalue weighted by molar-refractivity contribution is 0.184. The molecule has 0 radical (unpaired) electrons. The summed E-state index contributed by atoms with van der Waals surface area (Å²) in [6.07, 6.45) is 2.47. The van der Waals surface area contributed by atoms with Gasteiger partial charge in [-0.25, -0.2) is 0 Å². The summed E-state index contributed by atoms with van der Waals surface area (Å²) in [7, 11) is 0. The van der Waals surface area contributed by atoms with Gasteiger partial charge in [-0.05, 0) is 49.4 Å². The first-order chi connectivity index (χ1) is 8.25. The second-order valence-electron chi connectivity index (χ2n) is 4.78. The number of hydrogen-bond acceptors (Lipinski definition) is 2. The Morgan fingerprint density at radius 3 is 3.06 bits per heavy atom. The fraction of sp³-hybridized carbons (Fsp3) is 0.571. The van der Waals surface area contributed by atoms with Crippen LogP contribution in [-0.4, -0.2) is 19.8 Å². The van der Waals surface area contributed by atoms with Crippen molar-refractivity contribution in [2.45, 2.75) is 26.3 Å². The first kappa shape index (κ1) is 13.1. The lowest BCUT2D eigenvalue weighted by atomic mass is 10.1. The summed E-state index contributed by atoms with van der Waals surface area (Å²) in [5.74, 6) is 0.772. The van der Waals surface area contributed by atoms with E-state index in [0.717, 1.165) is 32.2 Å². The summed E-state index contributed by atoms with van der Waals surface area (Å²) in [6.45, 7) is 6.09. The first-order valence-corrected chi connectivity index (χ1v) is 7.08. The topological polar surface area (TPSA) is 21.3 Å². The van der Waals surface area contributed by atoms with Gasteiger partial charge in [-0.2, -0.15) is 0 Å². The van der Waals surface area contributed by atoms with E-state index in [0.29, 0.717) is 0 Å². The average molecular weight is 298 g/mol. The third kappa shape index (κ3) is 4.09. The van der Waals surface area contributed by atoms with Crippen LogP contribution in [0.4, 0.5) is 0 Å². The molecule has 0 aliphatic carbocycles. The minimum Gasteiger partial charge on any atom is -0.381 e. The van der Waals surface area contributed by atoms with Crippen molar-refractivity contribution in [3.05, 3.63) is 33.8 Å². The Hall–Kier alpha value is -0.380. The molecule has 1 unspecified atom stereocenters. The average Bonchev–Trinajstić information content (AvgIpc) is 2.82. The molecule has 1 heterocycles. The van der Waals surface area contributed by atoms with Crippen molar-refractivity contribution in [1.82, 2.24) is 5.32 Å². The molecule has 3 heteroatoms. The van der Waals surface area contributed by atoms with Gasteiger partial charge in [0.05, 0.1) is 0 Å². The molecule has 0 aromatic heterocycles. The Morgan fingerprint density at radius 2 is 2.35 bits per heavy atom. The van der Waals surface area contributed by atoms with Gasteiger partial charge in [0, 0.05) is 24.2 Å². The molecule has 94 valence electrons. The molecule has 1 atom stereocenters. The number of hydrogen-bond donors (Lipinski definition) is 1. The zero-order valence-electron chi connectivity index (χ0n) is 10.3. The van der Waals surface area contributed by atoms with Crippen LogP contribution in [0.25, 0.3) is 0 Å². The molecule has 0 amide bonds. The number of benzene rings is 1. The maximum atomic E-state index is 5.37. The van der Waals surface area contributed by atoms with Crippen molar-refractivity contribution in [2.75, 3.05) is 19.8 Å². The van der Waals surface area contributed by atoms with E-state index in [1.54, 1.807) is 0 Å². The van der Waals surface area contributed by atoms with Gasteiger partial charge in [-0.15, -0.1) is 0 Å². The van der Waals surface area contributed by atoms with E-state index < -0.39 is 0 Å². The summed E-state index contributed by atoms with van der Waals surface area (Å²) >= 11 is 3.52. The highest BCUT2D eigenvalue weighted by Gasteiger charge is 2.14. The molecule has 0 bridgehead atoms. The summed E-state index contributed by atoms with van der Waals surface area (Å²) in [4.78, 5) is 0. The van der Waals surface area contributed by atoms with Crippen LogP contribution >= 0.6 is 15.9 Å². The van der Waals surface area contributed by atoms with E-state index in [4.69, 9.17) is 4.74 Å². The van der Waals surface area contributed by atoms with Crippen molar-refractivity contribution < 1.29 is 4.74 Å². The third-order valence-corrected chi connectivity index (χ3v) is 4.19. The highest BCUT2D eigenvalue weighted by molar-refractivity contribution is 9.10. The van der Waals surface area contributed by atoms with Gasteiger partial charge in [0.2, 0.25) is 0 Å². The largest absolute Gasteiger partial charge is 0.381 e. The monoisotopic (exact) mass is 297 g/mol. The molecule has 1 aliphatic rings. The van der Waals surface area contributed by atoms with Gasteiger partial charge in [0.15, 0.2) is 0 Å². The number of halogens is 1. The third-order valence-electron chi connectivity index (χ3n) is 3.30. The minimum absolute atomic E-state index is 0.772. The Kier molecular flexibility index (Phi) is 5.01.